The van der Waals surface area contributed by atoms with Crippen LogP contribution in [0.2, 0.25) is 0 Å². The van der Waals surface area contributed by atoms with Crippen molar-refractivity contribution in [2.24, 2.45) is 17.8 Å². The van der Waals surface area contributed by atoms with Crippen LogP contribution in [0.15, 0.2) is 42.5 Å². The average molecular weight is 776 g/mol. The van der Waals surface area contributed by atoms with E-state index in [1.165, 1.54) is 24.3 Å². The second kappa shape index (κ2) is 17.8. The summed E-state index contributed by atoms with van der Waals surface area (Å²) in [5.41, 5.74) is 2.36. The second-order valence-electron chi connectivity index (χ2n) is 16.7. The molecule has 2 amide bonds. The molecule has 0 unspecified atom stereocenters. The molecule has 304 valence electrons. The minimum absolute atomic E-state index is 0.0681. The van der Waals surface area contributed by atoms with E-state index in [0.717, 1.165) is 74.8 Å². The van der Waals surface area contributed by atoms with Gasteiger partial charge in [0.1, 0.15) is 11.6 Å². The number of esters is 1. The Morgan fingerprint density at radius 3 is 2.21 bits per heavy atom. The van der Waals surface area contributed by atoms with Gasteiger partial charge in [-0.05, 0) is 144 Å². The maximum atomic E-state index is 14.9. The molecule has 3 aromatic rings. The number of carbonyl (C=O) groups excluding carboxylic acids is 3. The van der Waals surface area contributed by atoms with Crippen LogP contribution < -0.4 is 5.32 Å². The lowest BCUT2D eigenvalue weighted by molar-refractivity contribution is -0.149. The molecule has 0 spiro atoms. The van der Waals surface area contributed by atoms with Gasteiger partial charge in [0, 0.05) is 43.4 Å². The maximum absolute atomic E-state index is 14.9. The normalized spacial score (nSPS) is 25.9. The quantitative estimate of drug-likeness (QED) is 0.208. The Hall–Kier alpha value is -3.83. The van der Waals surface area contributed by atoms with Crippen LogP contribution in [0.4, 0.5) is 13.6 Å². The molecule has 4 aliphatic rings. The molecule has 2 aromatic carbocycles. The summed E-state index contributed by atoms with van der Waals surface area (Å²) in [5, 5.41) is 4.24. The Bertz CT molecular complexity index is 1840. The van der Waals surface area contributed by atoms with Gasteiger partial charge in [0.25, 0.3) is 0 Å². The van der Waals surface area contributed by atoms with Gasteiger partial charge in [-0.15, -0.1) is 0 Å². The van der Waals surface area contributed by atoms with Crippen LogP contribution in [-0.4, -0.2) is 78.5 Å². The van der Waals surface area contributed by atoms with Gasteiger partial charge in [-0.25, -0.2) is 13.6 Å². The monoisotopic (exact) mass is 775 g/mol. The number of hydrogen-bond donors (Lipinski definition) is 1. The lowest BCUT2D eigenvalue weighted by Crippen LogP contribution is -2.56. The van der Waals surface area contributed by atoms with Crippen molar-refractivity contribution in [2.45, 2.75) is 128 Å². The first-order chi connectivity index (χ1) is 27.1. The van der Waals surface area contributed by atoms with E-state index in [9.17, 15) is 23.2 Å². The summed E-state index contributed by atoms with van der Waals surface area (Å²) in [7, 11) is 0. The van der Waals surface area contributed by atoms with E-state index in [1.54, 1.807) is 28.5 Å². The summed E-state index contributed by atoms with van der Waals surface area (Å²) < 4.78 is 48.1. The number of hydrogen-bond acceptors (Lipinski definition) is 6. The van der Waals surface area contributed by atoms with Crippen LogP contribution in [0, 0.1) is 29.4 Å². The zero-order chi connectivity index (χ0) is 39.4. The lowest BCUT2D eigenvalue weighted by Gasteiger charge is -2.43. The number of nitrogens with one attached hydrogen (secondary N) is 1. The predicted molar refractivity (Wildman–Crippen MR) is 210 cm³/mol. The SMILES string of the molecule is CCOC(=O)[C@H]1CC[C@H](NC(=O)C2(c3ccc(F)cc3)CCN(C(=O)n3c(CC)c(CC4CCC(OC5CCOCC5)CC4)c4ccc(F)cc43)CC2)[C@@H](C)C1. The summed E-state index contributed by atoms with van der Waals surface area (Å²) in [6, 6.07) is 10.6. The van der Waals surface area contributed by atoms with Crippen molar-refractivity contribution in [3.05, 3.63) is 70.9 Å². The van der Waals surface area contributed by atoms with E-state index in [0.29, 0.717) is 75.2 Å². The molecule has 9 nitrogen and oxygen atoms in total. The molecule has 56 heavy (non-hydrogen) atoms. The fraction of sp³-hybridized carbons (Fsp3) is 0.622. The van der Waals surface area contributed by atoms with Gasteiger partial charge < -0.3 is 24.4 Å². The summed E-state index contributed by atoms with van der Waals surface area (Å²) in [5.74, 6) is -0.753. The first-order valence-corrected chi connectivity index (χ1v) is 21.2. The molecule has 2 saturated heterocycles. The van der Waals surface area contributed by atoms with Crippen LogP contribution in [-0.2, 0) is 42.1 Å². The van der Waals surface area contributed by atoms with Gasteiger partial charge in [0.05, 0.1) is 35.7 Å². The highest BCUT2D eigenvalue weighted by atomic mass is 19.1. The van der Waals surface area contributed by atoms with Crippen LogP contribution in [0.25, 0.3) is 10.9 Å². The molecular weight excluding hydrogens is 717 g/mol. The topological polar surface area (TPSA) is 99.1 Å². The maximum Gasteiger partial charge on any atom is 0.328 e. The van der Waals surface area contributed by atoms with Gasteiger partial charge in [-0.2, -0.15) is 0 Å². The van der Waals surface area contributed by atoms with Crippen molar-refractivity contribution < 1.29 is 37.4 Å². The largest absolute Gasteiger partial charge is 0.466 e. The number of benzene rings is 2. The minimum Gasteiger partial charge on any atom is -0.466 e. The zero-order valence-corrected chi connectivity index (χ0v) is 33.3. The molecule has 4 fully saturated rings. The average Bonchev–Trinajstić information content (AvgIpc) is 3.51. The molecule has 7 rings (SSSR count). The van der Waals surface area contributed by atoms with Crippen molar-refractivity contribution in [3.8, 4) is 0 Å². The first kappa shape index (κ1) is 40.4. The van der Waals surface area contributed by atoms with Gasteiger partial charge >= 0.3 is 12.0 Å². The number of piperidine rings is 1. The smallest absolute Gasteiger partial charge is 0.328 e. The Morgan fingerprint density at radius 1 is 0.875 bits per heavy atom. The van der Waals surface area contributed by atoms with E-state index in [2.05, 4.69) is 19.2 Å². The van der Waals surface area contributed by atoms with Gasteiger partial charge in [0.15, 0.2) is 0 Å². The van der Waals surface area contributed by atoms with E-state index in [-0.39, 0.29) is 59.6 Å². The van der Waals surface area contributed by atoms with Crippen LogP contribution in [0.5, 0.6) is 0 Å². The Labute approximate surface area is 329 Å². The number of amides is 2. The number of ether oxygens (including phenoxy) is 3. The van der Waals surface area contributed by atoms with Gasteiger partial charge in [-0.3, -0.25) is 14.2 Å². The van der Waals surface area contributed by atoms with Crippen LogP contribution >= 0.6 is 0 Å². The Morgan fingerprint density at radius 2 is 1.55 bits per heavy atom. The van der Waals surface area contributed by atoms with Gasteiger partial charge in [0.2, 0.25) is 5.91 Å². The molecule has 0 bridgehead atoms. The van der Waals surface area contributed by atoms with Crippen molar-refractivity contribution in [1.82, 2.24) is 14.8 Å². The Balaban J connectivity index is 1.07. The number of nitrogens with zero attached hydrogens (tertiary/aromatic N) is 2. The molecular formula is C45H59F2N3O6. The second-order valence-corrected chi connectivity index (χ2v) is 16.7. The van der Waals surface area contributed by atoms with Crippen molar-refractivity contribution in [3.63, 3.8) is 0 Å². The molecule has 3 atom stereocenters. The van der Waals surface area contributed by atoms with E-state index in [1.807, 2.05) is 6.07 Å². The predicted octanol–water partition coefficient (Wildman–Crippen LogP) is 8.26. The highest BCUT2D eigenvalue weighted by molar-refractivity contribution is 5.96. The summed E-state index contributed by atoms with van der Waals surface area (Å²) >= 11 is 0. The fourth-order valence-electron chi connectivity index (χ4n) is 10.1. The number of carbonyl (C=O) groups is 3. The summed E-state index contributed by atoms with van der Waals surface area (Å²) in [6.45, 7) is 8.41. The van der Waals surface area contributed by atoms with Crippen molar-refractivity contribution in [2.75, 3.05) is 32.9 Å². The minimum atomic E-state index is -0.973. The Kier molecular flexibility index (Phi) is 12.8. The third-order valence-corrected chi connectivity index (χ3v) is 13.3. The zero-order valence-electron chi connectivity index (χ0n) is 33.3. The van der Waals surface area contributed by atoms with Crippen LogP contribution in [0.3, 0.4) is 0 Å². The molecule has 2 aliphatic heterocycles. The number of halogens is 2. The van der Waals surface area contributed by atoms with E-state index in [4.69, 9.17) is 14.2 Å². The van der Waals surface area contributed by atoms with Gasteiger partial charge in [-0.1, -0.05) is 26.0 Å². The molecule has 0 radical (unpaired) electrons. The number of rotatable bonds is 10. The molecule has 11 heteroatoms. The number of likely N-dealkylation sites (tertiary alicyclic amines) is 1. The number of fused-ring (bicyclic) bond motifs is 1. The molecule has 2 saturated carbocycles. The highest BCUT2D eigenvalue weighted by Gasteiger charge is 2.46. The standard InChI is InChI=1S/C45H59F2N3O6/c1-4-40-38(27-30-6-14-35(15-7-30)56-36-18-24-54-25-19-36)37-16-13-34(47)28-41(37)50(40)44(53)49-22-20-45(21-23-49,32-9-11-33(46)12-10-32)43(52)48-39-17-8-31(26-29(39)3)42(51)55-5-2/h9-13,16,28-31,35-36,39H,4-8,14-15,17-27H2,1-3H3,(H,48,52)/t29-,30?,31-,35?,39-/m0/s1. The summed E-state index contributed by atoms with van der Waals surface area (Å²) in [4.78, 5) is 43.3. The third kappa shape index (κ3) is 8.54. The molecule has 3 heterocycles. The first-order valence-electron chi connectivity index (χ1n) is 21.2. The highest BCUT2D eigenvalue weighted by Crippen LogP contribution is 2.40. The van der Waals surface area contributed by atoms with Crippen molar-refractivity contribution in [1.29, 1.82) is 0 Å². The lowest BCUT2D eigenvalue weighted by atomic mass is 9.71. The number of aromatic nitrogens is 1. The van der Waals surface area contributed by atoms with Crippen LogP contribution in [0.1, 0.15) is 108 Å². The fourth-order valence-corrected chi connectivity index (χ4v) is 10.1. The van der Waals surface area contributed by atoms with E-state index >= 15 is 0 Å². The molecule has 2 aliphatic carbocycles. The van der Waals surface area contributed by atoms with Crippen molar-refractivity contribution >= 4 is 28.8 Å². The summed E-state index contributed by atoms with van der Waals surface area (Å²) in [6.07, 6.45) is 10.7. The third-order valence-electron chi connectivity index (χ3n) is 13.3. The van der Waals surface area contributed by atoms with E-state index < -0.39 is 5.41 Å². The molecule has 1 aromatic heterocycles. The molecule has 1 N–H and O–H groups in total.